The summed E-state index contributed by atoms with van der Waals surface area (Å²) in [5, 5.41) is 9.89. The SMILES string of the molecule is O=C(O)CCOc1ccc2sc3ccccc3c(=O)c2c1. The Labute approximate surface area is 124 Å². The highest BCUT2D eigenvalue weighted by Crippen LogP contribution is 2.27. The normalized spacial score (nSPS) is 10.9. The molecule has 21 heavy (non-hydrogen) atoms. The minimum absolute atomic E-state index is 0.0250. The van der Waals surface area contributed by atoms with E-state index in [-0.39, 0.29) is 18.5 Å². The van der Waals surface area contributed by atoms with Crippen molar-refractivity contribution in [3.05, 3.63) is 52.7 Å². The molecule has 0 radical (unpaired) electrons. The Kier molecular flexibility index (Phi) is 3.58. The van der Waals surface area contributed by atoms with Gasteiger partial charge in [0.2, 0.25) is 0 Å². The van der Waals surface area contributed by atoms with Crippen LogP contribution in [0.2, 0.25) is 0 Å². The molecule has 1 N–H and O–H groups in total. The Hall–Kier alpha value is -2.40. The van der Waals surface area contributed by atoms with Crippen LogP contribution in [0.4, 0.5) is 0 Å². The molecule has 3 rings (SSSR count). The molecule has 0 spiro atoms. The van der Waals surface area contributed by atoms with Crippen LogP contribution in [0.3, 0.4) is 0 Å². The summed E-state index contributed by atoms with van der Waals surface area (Å²) in [7, 11) is 0. The van der Waals surface area contributed by atoms with Gasteiger partial charge in [0.1, 0.15) is 5.75 Å². The van der Waals surface area contributed by atoms with E-state index in [2.05, 4.69) is 0 Å². The molecule has 0 saturated heterocycles. The average molecular weight is 300 g/mol. The lowest BCUT2D eigenvalue weighted by Crippen LogP contribution is -2.05. The molecule has 106 valence electrons. The van der Waals surface area contributed by atoms with Gasteiger partial charge in [-0.15, -0.1) is 11.3 Å². The summed E-state index contributed by atoms with van der Waals surface area (Å²) in [6.07, 6.45) is -0.0669. The highest BCUT2D eigenvalue weighted by molar-refractivity contribution is 7.24. The molecule has 0 aliphatic carbocycles. The maximum absolute atomic E-state index is 12.5. The van der Waals surface area contributed by atoms with Crippen LogP contribution in [0, 0.1) is 0 Å². The second-order valence-electron chi connectivity index (χ2n) is 4.58. The Bertz CT molecular complexity index is 882. The van der Waals surface area contributed by atoms with Gasteiger partial charge in [0, 0.05) is 20.2 Å². The highest BCUT2D eigenvalue weighted by Gasteiger charge is 2.07. The second kappa shape index (κ2) is 5.54. The number of aliphatic carboxylic acids is 1. The van der Waals surface area contributed by atoms with Gasteiger partial charge in [-0.25, -0.2) is 0 Å². The van der Waals surface area contributed by atoms with Crippen LogP contribution in [0.25, 0.3) is 20.2 Å². The molecular weight excluding hydrogens is 288 g/mol. The Balaban J connectivity index is 2.04. The predicted molar refractivity (Wildman–Crippen MR) is 83.3 cm³/mol. The fourth-order valence-electron chi connectivity index (χ4n) is 2.13. The molecule has 0 unspecified atom stereocenters. The first-order valence-electron chi connectivity index (χ1n) is 6.45. The van der Waals surface area contributed by atoms with Crippen molar-refractivity contribution in [2.75, 3.05) is 6.61 Å². The third kappa shape index (κ3) is 2.73. The molecule has 0 aliphatic rings. The molecule has 0 amide bonds. The zero-order valence-corrected chi connectivity index (χ0v) is 11.9. The zero-order valence-electron chi connectivity index (χ0n) is 11.0. The van der Waals surface area contributed by atoms with Gasteiger partial charge in [-0.1, -0.05) is 12.1 Å². The molecule has 0 atom stereocenters. The van der Waals surface area contributed by atoms with Gasteiger partial charge in [-0.05, 0) is 30.3 Å². The van der Waals surface area contributed by atoms with Crippen molar-refractivity contribution < 1.29 is 14.6 Å². The lowest BCUT2D eigenvalue weighted by atomic mass is 10.2. The van der Waals surface area contributed by atoms with E-state index in [0.29, 0.717) is 16.5 Å². The monoisotopic (exact) mass is 300 g/mol. The number of ether oxygens (including phenoxy) is 1. The number of fused-ring (bicyclic) bond motifs is 2. The van der Waals surface area contributed by atoms with Gasteiger partial charge in [0.15, 0.2) is 5.43 Å². The topological polar surface area (TPSA) is 63.6 Å². The molecule has 0 fully saturated rings. The molecule has 5 heteroatoms. The summed E-state index contributed by atoms with van der Waals surface area (Å²) >= 11 is 1.55. The third-order valence-electron chi connectivity index (χ3n) is 3.13. The number of carbonyl (C=O) groups is 1. The van der Waals surface area contributed by atoms with Crippen molar-refractivity contribution in [2.45, 2.75) is 6.42 Å². The number of rotatable bonds is 4. The molecule has 3 aromatic rings. The molecule has 1 heterocycles. The smallest absolute Gasteiger partial charge is 0.306 e. The Morgan fingerprint density at radius 1 is 1.10 bits per heavy atom. The van der Waals surface area contributed by atoms with Crippen molar-refractivity contribution >= 4 is 37.5 Å². The number of carboxylic acids is 1. The standard InChI is InChI=1S/C16H12O4S/c17-15(18)7-8-20-10-5-6-14-12(9-10)16(19)11-3-1-2-4-13(11)21-14/h1-6,9H,7-8H2,(H,17,18). The van der Waals surface area contributed by atoms with Crippen molar-refractivity contribution in [3.63, 3.8) is 0 Å². The zero-order chi connectivity index (χ0) is 14.8. The summed E-state index contributed by atoms with van der Waals surface area (Å²) in [5.41, 5.74) is -0.0250. The third-order valence-corrected chi connectivity index (χ3v) is 4.28. The van der Waals surface area contributed by atoms with Crippen LogP contribution in [0.15, 0.2) is 47.3 Å². The highest BCUT2D eigenvalue weighted by atomic mass is 32.1. The number of hydrogen-bond donors (Lipinski definition) is 1. The molecule has 4 nitrogen and oxygen atoms in total. The minimum Gasteiger partial charge on any atom is -0.493 e. The summed E-state index contributed by atoms with van der Waals surface area (Å²) in [5.74, 6) is -0.392. The van der Waals surface area contributed by atoms with E-state index in [9.17, 15) is 9.59 Å². The van der Waals surface area contributed by atoms with Crippen LogP contribution in [-0.2, 0) is 4.79 Å². The first kappa shape index (κ1) is 13.6. The first-order valence-corrected chi connectivity index (χ1v) is 7.27. The molecule has 0 saturated carbocycles. The van der Waals surface area contributed by atoms with Crippen molar-refractivity contribution in [1.82, 2.24) is 0 Å². The van der Waals surface area contributed by atoms with Crippen LogP contribution < -0.4 is 10.2 Å². The van der Waals surface area contributed by atoms with Crippen LogP contribution in [-0.4, -0.2) is 17.7 Å². The van der Waals surface area contributed by atoms with Gasteiger partial charge in [-0.2, -0.15) is 0 Å². The average Bonchev–Trinajstić information content (AvgIpc) is 2.48. The fourth-order valence-corrected chi connectivity index (χ4v) is 3.18. The summed E-state index contributed by atoms with van der Waals surface area (Å²) in [6.45, 7) is 0.0893. The van der Waals surface area contributed by atoms with Crippen molar-refractivity contribution in [2.24, 2.45) is 0 Å². The second-order valence-corrected chi connectivity index (χ2v) is 5.66. The number of benzene rings is 2. The summed E-state index contributed by atoms with van der Waals surface area (Å²) in [6, 6.07) is 12.8. The maximum atomic E-state index is 12.5. The van der Waals surface area contributed by atoms with E-state index < -0.39 is 5.97 Å². The van der Waals surface area contributed by atoms with Gasteiger partial charge in [-0.3, -0.25) is 9.59 Å². The van der Waals surface area contributed by atoms with Crippen LogP contribution in [0.1, 0.15) is 6.42 Å². The first-order chi connectivity index (χ1) is 10.1. The maximum Gasteiger partial charge on any atom is 0.306 e. The van der Waals surface area contributed by atoms with E-state index in [1.807, 2.05) is 30.3 Å². The van der Waals surface area contributed by atoms with E-state index in [1.54, 1.807) is 23.5 Å². The molecule has 2 aromatic carbocycles. The minimum atomic E-state index is -0.909. The van der Waals surface area contributed by atoms with Crippen LogP contribution >= 0.6 is 11.3 Å². The Morgan fingerprint density at radius 3 is 2.67 bits per heavy atom. The quantitative estimate of drug-likeness (QED) is 0.751. The number of hydrogen-bond acceptors (Lipinski definition) is 4. The summed E-state index contributed by atoms with van der Waals surface area (Å²) in [4.78, 5) is 23.0. The molecule has 1 aromatic heterocycles. The fraction of sp³-hybridized carbons (Fsp3) is 0.125. The molecule has 0 bridgehead atoms. The van der Waals surface area contributed by atoms with Gasteiger partial charge in [0.25, 0.3) is 0 Å². The van der Waals surface area contributed by atoms with Gasteiger partial charge >= 0.3 is 5.97 Å². The van der Waals surface area contributed by atoms with E-state index >= 15 is 0 Å². The molecular formula is C16H12O4S. The van der Waals surface area contributed by atoms with Gasteiger partial charge in [0.05, 0.1) is 13.0 Å². The van der Waals surface area contributed by atoms with Crippen molar-refractivity contribution in [1.29, 1.82) is 0 Å². The van der Waals surface area contributed by atoms with E-state index in [0.717, 1.165) is 9.40 Å². The van der Waals surface area contributed by atoms with Crippen LogP contribution in [0.5, 0.6) is 5.75 Å². The Morgan fingerprint density at radius 2 is 1.86 bits per heavy atom. The van der Waals surface area contributed by atoms with Crippen molar-refractivity contribution in [3.8, 4) is 5.75 Å². The predicted octanol–water partition coefficient (Wildman–Crippen LogP) is 3.27. The van der Waals surface area contributed by atoms with E-state index in [4.69, 9.17) is 9.84 Å². The number of carboxylic acid groups (broad SMARTS) is 1. The van der Waals surface area contributed by atoms with E-state index in [1.165, 1.54) is 0 Å². The lowest BCUT2D eigenvalue weighted by Gasteiger charge is -2.06. The van der Waals surface area contributed by atoms with Gasteiger partial charge < -0.3 is 9.84 Å². The molecule has 0 aliphatic heterocycles. The lowest BCUT2D eigenvalue weighted by molar-refractivity contribution is -0.137. The summed E-state index contributed by atoms with van der Waals surface area (Å²) < 4.78 is 7.22. The largest absolute Gasteiger partial charge is 0.493 e.